The number of aliphatic hydroxyl groups is 1. The second kappa shape index (κ2) is 12.1. The molecule has 4 N–H and O–H groups in total. The molecule has 2 fully saturated rings. The molecule has 0 amide bonds. The summed E-state index contributed by atoms with van der Waals surface area (Å²) in [6, 6.07) is 5.55. The van der Waals surface area contributed by atoms with Crippen molar-refractivity contribution in [2.24, 2.45) is 0 Å². The number of anilines is 3. The summed E-state index contributed by atoms with van der Waals surface area (Å²) in [5.74, 6) is 0.737. The number of carboxylic acids is 1. The number of hydrogen-bond acceptors (Lipinski definition) is 10. The van der Waals surface area contributed by atoms with Crippen molar-refractivity contribution in [2.75, 3.05) is 63.6 Å². The summed E-state index contributed by atoms with van der Waals surface area (Å²) in [5, 5.41) is 34.0. The van der Waals surface area contributed by atoms with Gasteiger partial charge in [-0.05, 0) is 45.1 Å². The maximum atomic E-state index is 11.8. The topological polar surface area (TPSA) is 145 Å². The zero-order valence-corrected chi connectivity index (χ0v) is 20.9. The van der Waals surface area contributed by atoms with Crippen LogP contribution in [-0.2, 0) is 0 Å². The van der Waals surface area contributed by atoms with Crippen LogP contribution < -0.4 is 15.5 Å². The number of fused-ring (bicyclic) bond motifs is 1. The van der Waals surface area contributed by atoms with Crippen LogP contribution in [0.15, 0.2) is 24.4 Å². The van der Waals surface area contributed by atoms with Gasteiger partial charge in [-0.3, -0.25) is 4.90 Å². The predicted molar refractivity (Wildman–Crippen MR) is 138 cm³/mol. The Labute approximate surface area is 210 Å². The number of aromatic carboxylic acids is 1. The van der Waals surface area contributed by atoms with E-state index >= 15 is 0 Å². The molecule has 3 aromatic rings. The van der Waals surface area contributed by atoms with E-state index in [4.69, 9.17) is 5.11 Å². The average molecular weight is 498 g/mol. The van der Waals surface area contributed by atoms with Crippen molar-refractivity contribution in [1.82, 2.24) is 34.9 Å². The number of hydrogen-bond donors (Lipinski definition) is 4. The minimum absolute atomic E-state index is 0.147. The molecule has 2 aliphatic rings. The zero-order chi connectivity index (χ0) is 25.5. The fraction of sp³-hybridized carbons (Fsp3) is 0.542. The highest BCUT2D eigenvalue weighted by Crippen LogP contribution is 2.34. The molecule has 12 nitrogen and oxygen atoms in total. The molecule has 0 unspecified atom stereocenters. The van der Waals surface area contributed by atoms with Gasteiger partial charge in [0.15, 0.2) is 11.6 Å². The van der Waals surface area contributed by atoms with Crippen LogP contribution in [-0.4, -0.2) is 99.2 Å². The molecule has 5 rings (SSSR count). The van der Waals surface area contributed by atoms with Crippen molar-refractivity contribution in [3.8, 4) is 0 Å². The van der Waals surface area contributed by atoms with Gasteiger partial charge in [-0.1, -0.05) is 12.8 Å². The normalized spacial score (nSPS) is 16.7. The van der Waals surface area contributed by atoms with Crippen LogP contribution in [0.4, 0.5) is 17.6 Å². The molecule has 1 aliphatic carbocycles. The van der Waals surface area contributed by atoms with Crippen LogP contribution in [0.1, 0.15) is 42.2 Å². The number of nitrogens with zero attached hydrogens (tertiary/aromatic N) is 7. The van der Waals surface area contributed by atoms with E-state index in [1.807, 2.05) is 30.8 Å². The number of aromatic nitrogens is 5. The molecule has 0 bridgehead atoms. The SMILES string of the molecule is CNC.O=C(O)c1cc2cnc(Nc3ccc(N4CCN(CCO)CC4)nn3)nc2n1C1CCCC1. The van der Waals surface area contributed by atoms with Crippen molar-refractivity contribution >= 4 is 34.6 Å². The van der Waals surface area contributed by atoms with Crippen molar-refractivity contribution in [2.45, 2.75) is 31.7 Å². The lowest BCUT2D eigenvalue weighted by molar-refractivity contribution is 0.0683. The highest BCUT2D eigenvalue weighted by molar-refractivity contribution is 5.93. The third-order valence-corrected chi connectivity index (χ3v) is 6.49. The van der Waals surface area contributed by atoms with Gasteiger partial charge >= 0.3 is 5.97 Å². The summed E-state index contributed by atoms with van der Waals surface area (Å²) in [5.41, 5.74) is 0.883. The minimum Gasteiger partial charge on any atom is -0.477 e. The van der Waals surface area contributed by atoms with Gasteiger partial charge in [0.25, 0.3) is 0 Å². The molecular formula is C24H35N9O3. The van der Waals surface area contributed by atoms with Crippen LogP contribution in [0.2, 0.25) is 0 Å². The molecule has 1 saturated heterocycles. The first kappa shape index (κ1) is 25.7. The van der Waals surface area contributed by atoms with E-state index in [0.29, 0.717) is 29.3 Å². The third-order valence-electron chi connectivity index (χ3n) is 6.49. The van der Waals surface area contributed by atoms with Gasteiger partial charge in [-0.25, -0.2) is 9.78 Å². The largest absolute Gasteiger partial charge is 0.477 e. The van der Waals surface area contributed by atoms with Crippen LogP contribution in [0, 0.1) is 0 Å². The quantitative estimate of drug-likeness (QED) is 0.379. The molecule has 36 heavy (non-hydrogen) atoms. The first-order valence-electron chi connectivity index (χ1n) is 12.4. The van der Waals surface area contributed by atoms with E-state index in [1.165, 1.54) is 0 Å². The standard InChI is InChI=1S/C22H28N8O3.C2H7N/c31-12-11-28-7-9-29(10-8-28)19-6-5-18(26-27-19)24-22-23-14-15-13-17(21(32)33)30(20(15)25-22)16-3-1-2-4-16;1-3-2/h5-6,13-14,16,31H,1-4,7-12H2,(H,32,33)(H,23,24,25,26);3H,1-2H3. The summed E-state index contributed by atoms with van der Waals surface area (Å²) < 4.78 is 1.85. The Morgan fingerprint density at radius 1 is 1.11 bits per heavy atom. The Kier molecular flexibility index (Phi) is 8.62. The summed E-state index contributed by atoms with van der Waals surface area (Å²) in [4.78, 5) is 25.2. The highest BCUT2D eigenvalue weighted by Gasteiger charge is 2.25. The fourth-order valence-corrected chi connectivity index (χ4v) is 4.78. The van der Waals surface area contributed by atoms with Gasteiger partial charge < -0.3 is 30.3 Å². The molecule has 12 heteroatoms. The number of β-amino-alcohol motifs (C(OH)–C–C–N with tert-alkyl or cyclic N) is 1. The lowest BCUT2D eigenvalue weighted by atomic mass is 10.2. The minimum atomic E-state index is -0.951. The van der Waals surface area contributed by atoms with Gasteiger partial charge in [0, 0.05) is 50.3 Å². The molecule has 194 valence electrons. The monoisotopic (exact) mass is 497 g/mol. The first-order chi connectivity index (χ1) is 17.5. The number of piperazine rings is 1. The second-order valence-electron chi connectivity index (χ2n) is 9.07. The van der Waals surface area contributed by atoms with E-state index in [2.05, 4.69) is 40.6 Å². The van der Waals surface area contributed by atoms with Crippen molar-refractivity contribution in [1.29, 1.82) is 0 Å². The number of aliphatic hydroxyl groups excluding tert-OH is 1. The van der Waals surface area contributed by atoms with Crippen molar-refractivity contribution in [3.63, 3.8) is 0 Å². The second-order valence-corrected chi connectivity index (χ2v) is 9.07. The Morgan fingerprint density at radius 3 is 2.44 bits per heavy atom. The number of carboxylic acid groups (broad SMARTS) is 1. The van der Waals surface area contributed by atoms with Gasteiger partial charge in [-0.2, -0.15) is 4.98 Å². The van der Waals surface area contributed by atoms with Crippen molar-refractivity contribution in [3.05, 3.63) is 30.1 Å². The van der Waals surface area contributed by atoms with E-state index in [-0.39, 0.29) is 18.3 Å². The molecule has 0 radical (unpaired) electrons. The smallest absolute Gasteiger partial charge is 0.352 e. The van der Waals surface area contributed by atoms with E-state index in [0.717, 1.165) is 57.7 Å². The molecule has 3 aromatic heterocycles. The molecule has 4 heterocycles. The number of carbonyl (C=O) groups is 1. The molecule has 0 spiro atoms. The van der Waals surface area contributed by atoms with Crippen LogP contribution in [0.5, 0.6) is 0 Å². The van der Waals surface area contributed by atoms with E-state index < -0.39 is 5.97 Å². The van der Waals surface area contributed by atoms with Gasteiger partial charge in [-0.15, -0.1) is 10.2 Å². The van der Waals surface area contributed by atoms with Crippen LogP contribution >= 0.6 is 0 Å². The summed E-state index contributed by atoms with van der Waals surface area (Å²) in [6.45, 7) is 4.32. The Balaban J connectivity index is 0.000000967. The molecule has 1 saturated carbocycles. The predicted octanol–water partition coefficient (Wildman–Crippen LogP) is 1.73. The Bertz CT molecular complexity index is 1140. The Hall–Kier alpha value is -3.35. The lowest BCUT2D eigenvalue weighted by Crippen LogP contribution is -2.47. The highest BCUT2D eigenvalue weighted by atomic mass is 16.4. The maximum Gasteiger partial charge on any atom is 0.352 e. The number of rotatable bonds is 7. The molecule has 0 aromatic carbocycles. The van der Waals surface area contributed by atoms with Crippen LogP contribution in [0.3, 0.4) is 0 Å². The fourth-order valence-electron chi connectivity index (χ4n) is 4.78. The van der Waals surface area contributed by atoms with Gasteiger partial charge in [0.1, 0.15) is 11.3 Å². The summed E-state index contributed by atoms with van der Waals surface area (Å²) in [6.07, 6.45) is 5.75. The van der Waals surface area contributed by atoms with Crippen LogP contribution in [0.25, 0.3) is 11.0 Å². The average Bonchev–Trinajstić information content (AvgIpc) is 3.53. The van der Waals surface area contributed by atoms with Gasteiger partial charge in [0.2, 0.25) is 5.95 Å². The zero-order valence-electron chi connectivity index (χ0n) is 20.9. The molecule has 0 atom stereocenters. The summed E-state index contributed by atoms with van der Waals surface area (Å²) >= 11 is 0. The molecular weight excluding hydrogens is 462 g/mol. The summed E-state index contributed by atoms with van der Waals surface area (Å²) in [7, 11) is 3.75. The first-order valence-corrected chi connectivity index (χ1v) is 12.4. The van der Waals surface area contributed by atoms with E-state index in [9.17, 15) is 9.90 Å². The van der Waals surface area contributed by atoms with Gasteiger partial charge in [0.05, 0.1) is 6.61 Å². The van der Waals surface area contributed by atoms with E-state index in [1.54, 1.807) is 12.3 Å². The maximum absolute atomic E-state index is 11.8. The Morgan fingerprint density at radius 2 is 1.83 bits per heavy atom. The number of nitrogens with one attached hydrogen (secondary N) is 2. The lowest BCUT2D eigenvalue weighted by Gasteiger charge is -2.34. The molecule has 1 aliphatic heterocycles. The van der Waals surface area contributed by atoms with Crippen molar-refractivity contribution < 1.29 is 15.0 Å². The third kappa shape index (κ3) is 5.89.